The van der Waals surface area contributed by atoms with Crippen LogP contribution in [0.2, 0.25) is 0 Å². The zero-order valence-electron chi connectivity index (χ0n) is 8.63. The van der Waals surface area contributed by atoms with Gasteiger partial charge in [-0.1, -0.05) is 6.07 Å². The molecule has 0 saturated carbocycles. The van der Waals surface area contributed by atoms with Crippen molar-refractivity contribution in [3.63, 3.8) is 0 Å². The van der Waals surface area contributed by atoms with Crippen LogP contribution in [0.4, 0.5) is 10.1 Å². The van der Waals surface area contributed by atoms with Crippen molar-refractivity contribution in [3.8, 4) is 0 Å². The van der Waals surface area contributed by atoms with Crippen molar-refractivity contribution in [2.75, 3.05) is 11.4 Å². The summed E-state index contributed by atoms with van der Waals surface area (Å²) in [5.74, 6) is -0.122. The maximum absolute atomic E-state index is 13.1. The molecular formula is C11H14FN3. The molecule has 1 atom stereocenters. The van der Waals surface area contributed by atoms with E-state index in [9.17, 15) is 4.39 Å². The van der Waals surface area contributed by atoms with Crippen LogP contribution in [0.1, 0.15) is 12.5 Å². The minimum Gasteiger partial charge on any atom is -0.386 e. The van der Waals surface area contributed by atoms with Crippen molar-refractivity contribution in [2.45, 2.75) is 19.4 Å². The van der Waals surface area contributed by atoms with Gasteiger partial charge in [-0.15, -0.1) is 0 Å². The lowest BCUT2D eigenvalue weighted by molar-refractivity contribution is 0.627. The molecule has 0 aromatic heterocycles. The molecule has 3 N–H and O–H groups in total. The van der Waals surface area contributed by atoms with Gasteiger partial charge in [0, 0.05) is 12.2 Å². The van der Waals surface area contributed by atoms with Crippen LogP contribution in [0.15, 0.2) is 18.2 Å². The highest BCUT2D eigenvalue weighted by Crippen LogP contribution is 2.30. The van der Waals surface area contributed by atoms with E-state index in [1.165, 1.54) is 12.1 Å². The number of nitrogens with one attached hydrogen (secondary N) is 1. The second kappa shape index (κ2) is 3.53. The monoisotopic (exact) mass is 207 g/mol. The minimum atomic E-state index is -0.239. The van der Waals surface area contributed by atoms with E-state index in [-0.39, 0.29) is 17.7 Å². The molecule has 1 unspecified atom stereocenters. The predicted octanol–water partition coefficient (Wildman–Crippen LogP) is 1.51. The Morgan fingerprint density at radius 3 is 3.00 bits per heavy atom. The van der Waals surface area contributed by atoms with Crippen LogP contribution in [0, 0.1) is 11.2 Å². The quantitative estimate of drug-likeness (QED) is 0.570. The largest absolute Gasteiger partial charge is 0.386 e. The van der Waals surface area contributed by atoms with Gasteiger partial charge in [-0.2, -0.15) is 0 Å². The third-order valence-corrected chi connectivity index (χ3v) is 2.90. The topological polar surface area (TPSA) is 53.1 Å². The number of rotatable bonds is 2. The summed E-state index contributed by atoms with van der Waals surface area (Å²) in [5, 5.41) is 7.40. The lowest BCUT2D eigenvalue weighted by Gasteiger charge is -2.26. The highest BCUT2D eigenvalue weighted by molar-refractivity contribution is 5.86. The number of halogens is 1. The molecule has 80 valence electrons. The number of benzene rings is 1. The highest BCUT2D eigenvalue weighted by Gasteiger charge is 2.25. The van der Waals surface area contributed by atoms with E-state index < -0.39 is 0 Å². The molecule has 1 aliphatic rings. The fourth-order valence-electron chi connectivity index (χ4n) is 1.95. The van der Waals surface area contributed by atoms with Gasteiger partial charge in [-0.05, 0) is 31.0 Å². The molecule has 1 aromatic rings. The first-order valence-electron chi connectivity index (χ1n) is 4.98. The van der Waals surface area contributed by atoms with Gasteiger partial charge < -0.3 is 10.6 Å². The molecule has 1 heterocycles. The first-order chi connectivity index (χ1) is 7.09. The predicted molar refractivity (Wildman–Crippen MR) is 58.8 cm³/mol. The molecular weight excluding hydrogens is 193 g/mol. The summed E-state index contributed by atoms with van der Waals surface area (Å²) in [6.07, 6.45) is 0.896. The zero-order chi connectivity index (χ0) is 11.0. The fourth-order valence-corrected chi connectivity index (χ4v) is 1.95. The average molecular weight is 207 g/mol. The van der Waals surface area contributed by atoms with Crippen molar-refractivity contribution in [1.82, 2.24) is 0 Å². The van der Waals surface area contributed by atoms with E-state index in [0.717, 1.165) is 24.2 Å². The number of nitrogens with zero attached hydrogens (tertiary/aromatic N) is 1. The maximum Gasteiger partial charge on any atom is 0.125 e. The summed E-state index contributed by atoms with van der Waals surface area (Å²) in [5.41, 5.74) is 7.46. The Morgan fingerprint density at radius 1 is 1.60 bits per heavy atom. The lowest BCUT2D eigenvalue weighted by Crippen LogP contribution is -2.41. The van der Waals surface area contributed by atoms with Gasteiger partial charge in [0.2, 0.25) is 0 Å². The van der Waals surface area contributed by atoms with Gasteiger partial charge in [0.25, 0.3) is 0 Å². The molecule has 4 heteroatoms. The van der Waals surface area contributed by atoms with Gasteiger partial charge >= 0.3 is 0 Å². The van der Waals surface area contributed by atoms with E-state index in [2.05, 4.69) is 0 Å². The average Bonchev–Trinajstić information content (AvgIpc) is 2.59. The number of anilines is 1. The lowest BCUT2D eigenvalue weighted by atomic mass is 10.1. The summed E-state index contributed by atoms with van der Waals surface area (Å²) in [4.78, 5) is 1.97. The van der Waals surface area contributed by atoms with Crippen LogP contribution in [-0.2, 0) is 6.42 Å². The minimum absolute atomic E-state index is 0.118. The molecule has 15 heavy (non-hydrogen) atoms. The molecule has 2 rings (SSSR count). The van der Waals surface area contributed by atoms with Crippen molar-refractivity contribution >= 4 is 11.5 Å². The number of amidine groups is 1. The van der Waals surface area contributed by atoms with Gasteiger partial charge in [0.05, 0.1) is 6.04 Å². The molecule has 1 aromatic carbocycles. The smallest absolute Gasteiger partial charge is 0.125 e. The first kappa shape index (κ1) is 9.96. The molecule has 0 aliphatic carbocycles. The van der Waals surface area contributed by atoms with E-state index in [0.29, 0.717) is 0 Å². The van der Waals surface area contributed by atoms with E-state index in [1.54, 1.807) is 6.07 Å². The first-order valence-corrected chi connectivity index (χ1v) is 4.98. The number of nitrogens with two attached hydrogens (primary N) is 1. The van der Waals surface area contributed by atoms with Gasteiger partial charge in [-0.3, -0.25) is 5.41 Å². The van der Waals surface area contributed by atoms with Crippen molar-refractivity contribution < 1.29 is 4.39 Å². The fraction of sp³-hybridized carbons (Fsp3) is 0.364. The summed E-state index contributed by atoms with van der Waals surface area (Å²) in [7, 11) is 0. The van der Waals surface area contributed by atoms with Crippen LogP contribution in [0.5, 0.6) is 0 Å². The van der Waals surface area contributed by atoms with Gasteiger partial charge in [0.15, 0.2) is 0 Å². The second-order valence-corrected chi connectivity index (χ2v) is 3.85. The van der Waals surface area contributed by atoms with E-state index >= 15 is 0 Å². The van der Waals surface area contributed by atoms with Crippen LogP contribution in [0.25, 0.3) is 0 Å². The molecule has 0 amide bonds. The zero-order valence-corrected chi connectivity index (χ0v) is 8.63. The molecule has 0 spiro atoms. The van der Waals surface area contributed by atoms with Crippen LogP contribution in [-0.4, -0.2) is 18.4 Å². The van der Waals surface area contributed by atoms with Crippen molar-refractivity contribution in [1.29, 1.82) is 5.41 Å². The van der Waals surface area contributed by atoms with Crippen LogP contribution < -0.4 is 10.6 Å². The summed E-state index contributed by atoms with van der Waals surface area (Å²) in [6, 6.07) is 4.63. The second-order valence-electron chi connectivity index (χ2n) is 3.85. The molecule has 0 radical (unpaired) electrons. The Kier molecular flexibility index (Phi) is 2.34. The van der Waals surface area contributed by atoms with E-state index in [1.807, 2.05) is 11.8 Å². The SMILES string of the molecule is CC(C(=N)N)N1CCc2ccc(F)cc21. The number of hydrogen-bond donors (Lipinski definition) is 2. The molecule has 0 saturated heterocycles. The number of hydrogen-bond acceptors (Lipinski definition) is 2. The maximum atomic E-state index is 13.1. The third-order valence-electron chi connectivity index (χ3n) is 2.90. The molecule has 3 nitrogen and oxygen atoms in total. The normalized spacial score (nSPS) is 16.3. The molecule has 0 bridgehead atoms. The van der Waals surface area contributed by atoms with Gasteiger partial charge in [0.1, 0.15) is 11.7 Å². The van der Waals surface area contributed by atoms with E-state index in [4.69, 9.17) is 11.1 Å². The van der Waals surface area contributed by atoms with Gasteiger partial charge in [-0.25, -0.2) is 4.39 Å². The molecule has 1 aliphatic heterocycles. The summed E-state index contributed by atoms with van der Waals surface area (Å²) >= 11 is 0. The highest BCUT2D eigenvalue weighted by atomic mass is 19.1. The standard InChI is InChI=1S/C11H14FN3/c1-7(11(13)14)15-5-4-8-2-3-9(12)6-10(8)15/h2-3,6-7H,4-5H2,1H3,(H3,13,14). The number of fused-ring (bicyclic) bond motifs is 1. The summed E-state index contributed by atoms with van der Waals surface area (Å²) < 4.78 is 13.1. The van der Waals surface area contributed by atoms with Crippen molar-refractivity contribution in [3.05, 3.63) is 29.6 Å². The Labute approximate surface area is 88.2 Å². The third kappa shape index (κ3) is 1.67. The van der Waals surface area contributed by atoms with Crippen LogP contribution >= 0.6 is 0 Å². The summed E-state index contributed by atoms with van der Waals surface area (Å²) in [6.45, 7) is 2.67. The Hall–Kier alpha value is -1.58. The molecule has 0 fully saturated rings. The van der Waals surface area contributed by atoms with Crippen LogP contribution in [0.3, 0.4) is 0 Å². The van der Waals surface area contributed by atoms with Crippen molar-refractivity contribution in [2.24, 2.45) is 5.73 Å². The Balaban J connectivity index is 2.35. The Morgan fingerprint density at radius 2 is 2.33 bits per heavy atom. The Bertz CT molecular complexity index is 403.